The highest BCUT2D eigenvalue weighted by Crippen LogP contribution is 2.30. The summed E-state index contributed by atoms with van der Waals surface area (Å²) >= 11 is 0. The summed E-state index contributed by atoms with van der Waals surface area (Å²) in [7, 11) is 0. The fraction of sp³-hybridized carbons (Fsp3) is 0.324. The monoisotopic (exact) mass is 626 g/mol. The lowest BCUT2D eigenvalue weighted by atomic mass is 9.90. The number of nitrogens with zero attached hydrogens (tertiary/aromatic N) is 2. The van der Waals surface area contributed by atoms with Crippen LogP contribution >= 0.6 is 0 Å². The van der Waals surface area contributed by atoms with Crippen LogP contribution in [0.2, 0.25) is 0 Å². The van der Waals surface area contributed by atoms with Crippen LogP contribution in [0.4, 0.5) is 4.79 Å². The van der Waals surface area contributed by atoms with Crippen molar-refractivity contribution in [3.05, 3.63) is 131 Å². The molecular formula is C37H42N2O7. The number of benzene rings is 4. The van der Waals surface area contributed by atoms with Crippen molar-refractivity contribution in [3.63, 3.8) is 0 Å². The Morgan fingerprint density at radius 3 is 1.24 bits per heavy atom. The van der Waals surface area contributed by atoms with Crippen LogP contribution in [-0.4, -0.2) is 87.0 Å². The first-order chi connectivity index (χ1) is 22.5. The Balaban J connectivity index is 1.51. The van der Waals surface area contributed by atoms with Crippen LogP contribution in [-0.2, 0) is 25.9 Å². The van der Waals surface area contributed by atoms with Crippen molar-refractivity contribution in [3.8, 4) is 11.5 Å². The number of rotatable bonds is 14. The number of hydrogen-bond acceptors (Lipinski definition) is 7. The predicted molar refractivity (Wildman–Crippen MR) is 174 cm³/mol. The summed E-state index contributed by atoms with van der Waals surface area (Å²) in [6.07, 6.45) is -1.90. The van der Waals surface area contributed by atoms with E-state index in [0.717, 1.165) is 22.3 Å². The van der Waals surface area contributed by atoms with E-state index in [4.69, 9.17) is 19.7 Å². The zero-order chi connectivity index (χ0) is 32.3. The highest BCUT2D eigenvalue weighted by atomic mass is 16.5. The first-order valence-electron chi connectivity index (χ1n) is 15.6. The molecule has 4 atom stereocenters. The minimum Gasteiger partial charge on any atom is -0.491 e. The van der Waals surface area contributed by atoms with Gasteiger partial charge in [0.25, 0.3) is 0 Å². The molecule has 2 amide bonds. The number of aliphatic hydroxyl groups is 4. The van der Waals surface area contributed by atoms with Gasteiger partial charge in [-0.25, -0.2) is 4.79 Å². The smallest absolute Gasteiger partial charge is 0.321 e. The molecule has 4 aromatic carbocycles. The molecule has 0 bridgehead atoms. The van der Waals surface area contributed by atoms with Crippen LogP contribution in [0.1, 0.15) is 22.3 Å². The molecule has 4 N–H and O–H groups in total. The molecule has 0 radical (unpaired) electrons. The first-order valence-corrected chi connectivity index (χ1v) is 15.6. The van der Waals surface area contributed by atoms with Gasteiger partial charge in [-0.2, -0.15) is 0 Å². The molecule has 1 heterocycles. The number of hydrogen-bond donors (Lipinski definition) is 4. The predicted octanol–water partition coefficient (Wildman–Crippen LogP) is 3.81. The maximum Gasteiger partial charge on any atom is 0.321 e. The molecule has 242 valence electrons. The largest absolute Gasteiger partial charge is 0.491 e. The number of urea groups is 1. The van der Waals surface area contributed by atoms with E-state index >= 15 is 0 Å². The van der Waals surface area contributed by atoms with Crippen molar-refractivity contribution in [2.45, 2.75) is 50.2 Å². The van der Waals surface area contributed by atoms with Crippen molar-refractivity contribution in [2.24, 2.45) is 0 Å². The summed E-state index contributed by atoms with van der Waals surface area (Å²) in [6.45, 7) is 0.688. The summed E-state index contributed by atoms with van der Waals surface area (Å²) in [5.74, 6) is 1.22. The third kappa shape index (κ3) is 8.44. The van der Waals surface area contributed by atoms with Crippen molar-refractivity contribution < 1.29 is 34.7 Å². The molecule has 0 saturated carbocycles. The maximum atomic E-state index is 14.7. The molecule has 0 aliphatic carbocycles. The fourth-order valence-corrected chi connectivity index (χ4v) is 5.92. The molecule has 1 aliphatic heterocycles. The van der Waals surface area contributed by atoms with Gasteiger partial charge in [-0.15, -0.1) is 0 Å². The molecule has 4 aromatic rings. The Morgan fingerprint density at radius 1 is 0.522 bits per heavy atom. The third-order valence-corrected chi connectivity index (χ3v) is 8.28. The minimum absolute atomic E-state index is 0.0905. The van der Waals surface area contributed by atoms with E-state index < -0.39 is 24.3 Å². The number of carbonyl (C=O) groups is 1. The molecule has 46 heavy (non-hydrogen) atoms. The molecular weight excluding hydrogens is 584 g/mol. The molecule has 1 fully saturated rings. The van der Waals surface area contributed by atoms with Gasteiger partial charge in [-0.05, 0) is 59.4 Å². The molecule has 0 unspecified atom stereocenters. The van der Waals surface area contributed by atoms with Crippen LogP contribution in [0, 0.1) is 0 Å². The zero-order valence-electron chi connectivity index (χ0n) is 25.8. The van der Waals surface area contributed by atoms with Gasteiger partial charge >= 0.3 is 6.03 Å². The van der Waals surface area contributed by atoms with E-state index in [2.05, 4.69) is 0 Å². The van der Waals surface area contributed by atoms with E-state index in [0.29, 0.717) is 24.3 Å². The van der Waals surface area contributed by atoms with Gasteiger partial charge in [-0.3, -0.25) is 0 Å². The minimum atomic E-state index is -1.25. The van der Waals surface area contributed by atoms with Gasteiger partial charge in [0.15, 0.2) is 0 Å². The first kappa shape index (κ1) is 33.0. The van der Waals surface area contributed by atoms with Crippen molar-refractivity contribution >= 4 is 6.03 Å². The van der Waals surface area contributed by atoms with E-state index in [1.54, 1.807) is 34.1 Å². The number of carbonyl (C=O) groups excluding carboxylic acids is 1. The number of amides is 2. The number of aliphatic hydroxyl groups excluding tert-OH is 4. The van der Waals surface area contributed by atoms with Gasteiger partial charge in [0, 0.05) is 13.1 Å². The van der Waals surface area contributed by atoms with Crippen molar-refractivity contribution in [1.29, 1.82) is 0 Å². The summed E-state index contributed by atoms with van der Waals surface area (Å²) < 4.78 is 11.0. The maximum absolute atomic E-state index is 14.7. The lowest BCUT2D eigenvalue weighted by Crippen LogP contribution is -2.50. The molecule has 5 rings (SSSR count). The molecule has 1 aliphatic rings. The van der Waals surface area contributed by atoms with E-state index in [1.165, 1.54) is 0 Å². The van der Waals surface area contributed by atoms with E-state index in [9.17, 15) is 15.0 Å². The van der Waals surface area contributed by atoms with E-state index in [-0.39, 0.29) is 45.5 Å². The fourth-order valence-electron chi connectivity index (χ4n) is 5.92. The Labute approximate surface area is 269 Å². The van der Waals surface area contributed by atoms with Gasteiger partial charge in [0.05, 0.1) is 25.3 Å². The second-order valence-corrected chi connectivity index (χ2v) is 11.5. The standard InChI is InChI=1S/C37H42N2O7/c40-19-21-45-31-15-11-27(12-16-31)23-33-35(42)36(43)34(24-28-13-17-32(18-14-28)46-22-20-41)39(26-30-9-5-2-6-10-30)37(44)38(33)25-29-7-3-1-4-8-29/h1-18,33-36,40-43H,19-26H2/t33-,34-,35+,36+/m1/s1. The van der Waals surface area contributed by atoms with E-state index in [1.807, 2.05) is 84.9 Å². The Bertz CT molecular complexity index is 1370. The van der Waals surface area contributed by atoms with Gasteiger partial charge in [-0.1, -0.05) is 84.9 Å². The summed E-state index contributed by atoms with van der Waals surface area (Å²) in [6, 6.07) is 32.3. The van der Waals surface area contributed by atoms with Gasteiger partial charge in [0.2, 0.25) is 0 Å². The van der Waals surface area contributed by atoms with Crippen LogP contribution < -0.4 is 9.47 Å². The van der Waals surface area contributed by atoms with Gasteiger partial charge in [0.1, 0.15) is 36.9 Å². The Hall–Kier alpha value is -4.41. The summed E-state index contributed by atoms with van der Waals surface area (Å²) in [5, 5.41) is 42.0. The normalized spacial score (nSPS) is 20.0. The molecule has 9 heteroatoms. The summed E-state index contributed by atoms with van der Waals surface area (Å²) in [4.78, 5) is 18.1. The lowest BCUT2D eigenvalue weighted by Gasteiger charge is -2.36. The molecule has 0 aromatic heterocycles. The molecule has 1 saturated heterocycles. The lowest BCUT2D eigenvalue weighted by molar-refractivity contribution is -0.0408. The Kier molecular flexibility index (Phi) is 11.6. The van der Waals surface area contributed by atoms with Crippen LogP contribution in [0.15, 0.2) is 109 Å². The summed E-state index contributed by atoms with van der Waals surface area (Å²) in [5.41, 5.74) is 3.55. The van der Waals surface area contributed by atoms with Gasteiger partial charge < -0.3 is 39.7 Å². The average molecular weight is 627 g/mol. The second-order valence-electron chi connectivity index (χ2n) is 11.5. The third-order valence-electron chi connectivity index (χ3n) is 8.28. The van der Waals surface area contributed by atoms with Crippen molar-refractivity contribution in [1.82, 2.24) is 9.80 Å². The van der Waals surface area contributed by atoms with Crippen LogP contribution in [0.25, 0.3) is 0 Å². The molecule has 0 spiro atoms. The topological polar surface area (TPSA) is 123 Å². The molecule has 9 nitrogen and oxygen atoms in total. The highest BCUT2D eigenvalue weighted by Gasteiger charge is 2.46. The van der Waals surface area contributed by atoms with Crippen LogP contribution in [0.3, 0.4) is 0 Å². The number of ether oxygens (including phenoxy) is 2. The SMILES string of the molecule is O=C1N(Cc2ccccc2)[C@H](Cc2ccc(OCCO)cc2)[C@H](O)[C@@H](O)[C@@H](Cc2ccc(OCCO)cc2)N1Cc1ccccc1. The van der Waals surface area contributed by atoms with Crippen LogP contribution in [0.5, 0.6) is 11.5 Å². The highest BCUT2D eigenvalue weighted by molar-refractivity contribution is 5.76. The average Bonchev–Trinajstić information content (AvgIpc) is 3.15. The zero-order valence-corrected chi connectivity index (χ0v) is 25.8. The quantitative estimate of drug-likeness (QED) is 0.168. The Morgan fingerprint density at radius 2 is 0.891 bits per heavy atom. The van der Waals surface area contributed by atoms with Crippen molar-refractivity contribution in [2.75, 3.05) is 26.4 Å². The second kappa shape index (κ2) is 16.2.